The van der Waals surface area contributed by atoms with Crippen LogP contribution in [-0.4, -0.2) is 67.4 Å². The van der Waals surface area contributed by atoms with Gasteiger partial charge in [0.15, 0.2) is 0 Å². The van der Waals surface area contributed by atoms with Gasteiger partial charge in [-0.05, 0) is 34.1 Å². The van der Waals surface area contributed by atoms with Crippen molar-refractivity contribution in [2.45, 2.75) is 25.3 Å². The van der Waals surface area contributed by atoms with Gasteiger partial charge in [-0.2, -0.15) is 0 Å². The Kier molecular flexibility index (Phi) is 7.17. The van der Waals surface area contributed by atoms with Crippen molar-refractivity contribution in [3.8, 4) is 11.1 Å². The summed E-state index contributed by atoms with van der Waals surface area (Å²) in [4.78, 5) is 38.4. The molecule has 2 aromatic carbocycles. The smallest absolute Gasteiger partial charge is 0.407 e. The summed E-state index contributed by atoms with van der Waals surface area (Å²) in [6, 6.07) is 15.2. The number of ether oxygens (including phenoxy) is 2. The van der Waals surface area contributed by atoms with Gasteiger partial charge in [0.1, 0.15) is 12.6 Å². The second-order valence-electron chi connectivity index (χ2n) is 9.06. The lowest BCUT2D eigenvalue weighted by Crippen LogP contribution is -2.50. The summed E-state index contributed by atoms with van der Waals surface area (Å²) >= 11 is 0. The number of carboxylic acids is 1. The number of carboxylic acid groups (broad SMARTS) is 1. The van der Waals surface area contributed by atoms with Crippen LogP contribution in [0.3, 0.4) is 0 Å². The van der Waals surface area contributed by atoms with Gasteiger partial charge < -0.3 is 24.8 Å². The molecule has 3 atom stereocenters. The molecule has 0 saturated carbocycles. The number of fused-ring (bicyclic) bond motifs is 3. The van der Waals surface area contributed by atoms with Crippen molar-refractivity contribution in [3.05, 3.63) is 59.7 Å². The molecule has 1 aliphatic heterocycles. The number of amides is 2. The monoisotopic (exact) mass is 466 g/mol. The molecule has 1 heterocycles. The Morgan fingerprint density at radius 3 is 2.26 bits per heavy atom. The summed E-state index contributed by atoms with van der Waals surface area (Å²) in [5.74, 6) is -1.30. The van der Waals surface area contributed by atoms with Crippen molar-refractivity contribution in [2.24, 2.45) is 11.8 Å². The first-order valence-corrected chi connectivity index (χ1v) is 11.5. The van der Waals surface area contributed by atoms with Crippen molar-refractivity contribution in [1.82, 2.24) is 10.2 Å². The van der Waals surface area contributed by atoms with Crippen LogP contribution in [0.5, 0.6) is 0 Å². The molecule has 3 unspecified atom stereocenters. The van der Waals surface area contributed by atoms with E-state index in [2.05, 4.69) is 17.4 Å². The summed E-state index contributed by atoms with van der Waals surface area (Å²) < 4.78 is 10.7. The largest absolute Gasteiger partial charge is 0.481 e. The molecule has 2 N–H and O–H groups in total. The molecule has 1 fully saturated rings. The Bertz CT molecular complexity index is 1030. The van der Waals surface area contributed by atoms with Gasteiger partial charge in [-0.1, -0.05) is 55.5 Å². The number of rotatable bonds is 8. The van der Waals surface area contributed by atoms with E-state index in [0.29, 0.717) is 13.1 Å². The number of methoxy groups -OCH3 is 1. The third-order valence-corrected chi connectivity index (χ3v) is 6.78. The van der Waals surface area contributed by atoms with Crippen LogP contribution in [0.4, 0.5) is 4.79 Å². The molecule has 2 amide bonds. The van der Waals surface area contributed by atoms with E-state index >= 15 is 0 Å². The molecule has 0 radical (unpaired) electrons. The van der Waals surface area contributed by atoms with Crippen molar-refractivity contribution < 1.29 is 29.0 Å². The van der Waals surface area contributed by atoms with Gasteiger partial charge >= 0.3 is 12.1 Å². The SMILES string of the molecule is COCC(NC(=O)OCC1c2ccccc2-c2ccccc21)C(=O)N1CC(C)C(CC(=O)O)C1. The summed E-state index contributed by atoms with van der Waals surface area (Å²) in [5, 5.41) is 11.7. The van der Waals surface area contributed by atoms with Crippen molar-refractivity contribution >= 4 is 18.0 Å². The standard InChI is InChI=1S/C26H30N2O6/c1-16-12-28(13-17(16)11-24(29)30)25(31)23(15-33-2)27-26(32)34-14-22-20-9-5-3-7-18(20)19-8-4-6-10-21(19)22/h3-10,16-17,22-23H,11-15H2,1-2H3,(H,27,32)(H,29,30). The van der Waals surface area contributed by atoms with Gasteiger partial charge in [-0.25, -0.2) is 4.79 Å². The van der Waals surface area contributed by atoms with Gasteiger partial charge in [0.2, 0.25) is 5.91 Å². The highest BCUT2D eigenvalue weighted by Crippen LogP contribution is 2.44. The first-order valence-electron chi connectivity index (χ1n) is 11.5. The molecule has 1 aliphatic carbocycles. The maximum absolute atomic E-state index is 13.1. The highest BCUT2D eigenvalue weighted by Gasteiger charge is 2.37. The summed E-state index contributed by atoms with van der Waals surface area (Å²) in [7, 11) is 1.46. The number of aliphatic carboxylic acids is 1. The number of carbonyl (C=O) groups excluding carboxylic acids is 2. The van der Waals surface area contributed by atoms with E-state index in [9.17, 15) is 14.4 Å². The first kappa shape index (κ1) is 23.8. The number of nitrogens with one attached hydrogen (secondary N) is 1. The van der Waals surface area contributed by atoms with Crippen LogP contribution in [-0.2, 0) is 19.1 Å². The zero-order valence-electron chi connectivity index (χ0n) is 19.4. The van der Waals surface area contributed by atoms with Gasteiger partial charge in [0.05, 0.1) is 13.0 Å². The molecular weight excluding hydrogens is 436 g/mol. The Morgan fingerprint density at radius 2 is 1.68 bits per heavy atom. The van der Waals surface area contributed by atoms with Crippen molar-refractivity contribution in [2.75, 3.05) is 33.4 Å². The highest BCUT2D eigenvalue weighted by molar-refractivity contribution is 5.86. The maximum Gasteiger partial charge on any atom is 0.407 e. The average Bonchev–Trinajstić information content (AvgIpc) is 3.34. The fourth-order valence-corrected chi connectivity index (χ4v) is 5.05. The van der Waals surface area contributed by atoms with E-state index in [4.69, 9.17) is 14.6 Å². The van der Waals surface area contributed by atoms with E-state index in [1.165, 1.54) is 7.11 Å². The third kappa shape index (κ3) is 4.92. The van der Waals surface area contributed by atoms with Crippen molar-refractivity contribution in [1.29, 1.82) is 0 Å². The molecular formula is C26H30N2O6. The topological polar surface area (TPSA) is 105 Å². The molecule has 8 heteroatoms. The lowest BCUT2D eigenvalue weighted by atomic mass is 9.95. The van der Waals surface area contributed by atoms with Gasteiger partial charge in [0.25, 0.3) is 0 Å². The Balaban J connectivity index is 1.38. The predicted octanol–water partition coefficient (Wildman–Crippen LogP) is 3.11. The minimum atomic E-state index is -0.906. The molecule has 34 heavy (non-hydrogen) atoms. The second kappa shape index (κ2) is 10.3. The van der Waals surface area contributed by atoms with Crippen LogP contribution >= 0.6 is 0 Å². The first-order chi connectivity index (χ1) is 16.4. The van der Waals surface area contributed by atoms with Crippen LogP contribution in [0, 0.1) is 11.8 Å². The van der Waals surface area contributed by atoms with Crippen LogP contribution in [0.1, 0.15) is 30.4 Å². The number of benzene rings is 2. The minimum absolute atomic E-state index is 0.00247. The molecule has 4 rings (SSSR count). The number of hydrogen-bond acceptors (Lipinski definition) is 5. The maximum atomic E-state index is 13.1. The van der Waals surface area contributed by atoms with Crippen LogP contribution in [0.15, 0.2) is 48.5 Å². The van der Waals surface area contributed by atoms with Gasteiger partial charge in [0, 0.05) is 26.1 Å². The fourth-order valence-electron chi connectivity index (χ4n) is 5.05. The fraction of sp³-hybridized carbons (Fsp3) is 0.423. The molecule has 0 aromatic heterocycles. The number of hydrogen-bond donors (Lipinski definition) is 2. The summed E-state index contributed by atoms with van der Waals surface area (Å²) in [6.45, 7) is 2.88. The van der Waals surface area contributed by atoms with E-state index in [0.717, 1.165) is 22.3 Å². The molecule has 8 nitrogen and oxygen atoms in total. The molecule has 2 aliphatic rings. The number of nitrogens with zero attached hydrogens (tertiary/aromatic N) is 1. The number of likely N-dealkylation sites (tertiary alicyclic amines) is 1. The Morgan fingerprint density at radius 1 is 1.06 bits per heavy atom. The number of alkyl carbamates (subject to hydrolysis) is 1. The summed E-state index contributed by atoms with van der Waals surface area (Å²) in [6.07, 6.45) is -0.675. The Hall–Kier alpha value is -3.39. The van der Waals surface area contributed by atoms with Crippen LogP contribution in [0.2, 0.25) is 0 Å². The number of carbonyl (C=O) groups is 3. The van der Waals surface area contributed by atoms with Gasteiger partial charge in [-0.15, -0.1) is 0 Å². The Labute approximate surface area is 198 Å². The lowest BCUT2D eigenvalue weighted by molar-refractivity contribution is -0.139. The molecule has 1 saturated heterocycles. The predicted molar refractivity (Wildman–Crippen MR) is 125 cm³/mol. The molecule has 2 aromatic rings. The lowest BCUT2D eigenvalue weighted by Gasteiger charge is -2.24. The van der Waals surface area contributed by atoms with E-state index in [1.807, 2.05) is 43.3 Å². The van der Waals surface area contributed by atoms with E-state index in [-0.39, 0.29) is 43.3 Å². The van der Waals surface area contributed by atoms with Crippen LogP contribution in [0.25, 0.3) is 11.1 Å². The summed E-state index contributed by atoms with van der Waals surface area (Å²) in [5.41, 5.74) is 4.49. The average molecular weight is 467 g/mol. The zero-order chi connectivity index (χ0) is 24.2. The quantitative estimate of drug-likeness (QED) is 0.619. The normalized spacial score (nSPS) is 19.9. The van der Waals surface area contributed by atoms with Crippen LogP contribution < -0.4 is 5.32 Å². The van der Waals surface area contributed by atoms with Gasteiger partial charge in [-0.3, -0.25) is 9.59 Å². The highest BCUT2D eigenvalue weighted by atomic mass is 16.5. The molecule has 0 spiro atoms. The van der Waals surface area contributed by atoms with E-state index in [1.54, 1.807) is 4.90 Å². The zero-order valence-corrected chi connectivity index (χ0v) is 19.4. The molecule has 180 valence electrons. The van der Waals surface area contributed by atoms with Crippen molar-refractivity contribution in [3.63, 3.8) is 0 Å². The van der Waals surface area contributed by atoms with E-state index < -0.39 is 18.1 Å². The minimum Gasteiger partial charge on any atom is -0.481 e. The third-order valence-electron chi connectivity index (χ3n) is 6.78. The second-order valence-corrected chi connectivity index (χ2v) is 9.06. The molecule has 0 bridgehead atoms.